The number of nitrogens with one attached hydrogen (secondary N) is 2. The number of benzene rings is 2. The van der Waals surface area contributed by atoms with E-state index in [0.29, 0.717) is 25.3 Å². The molecule has 0 aliphatic rings. The number of ether oxygens (including phenoxy) is 1. The van der Waals surface area contributed by atoms with Gasteiger partial charge in [0.05, 0.1) is 19.7 Å². The van der Waals surface area contributed by atoms with Crippen LogP contribution >= 0.6 is 43.5 Å². The summed E-state index contributed by atoms with van der Waals surface area (Å²) in [5.41, 5.74) is 1.91. The zero-order chi connectivity index (χ0) is 19.3. The minimum Gasteiger partial charge on any atom is -0.486 e. The molecule has 0 heterocycles. The van der Waals surface area contributed by atoms with Crippen molar-refractivity contribution in [3.8, 4) is 5.75 Å². The van der Waals surface area contributed by atoms with Gasteiger partial charge in [-0.15, -0.1) is 0 Å². The Bertz CT molecular complexity index is 823. The van der Waals surface area contributed by atoms with Gasteiger partial charge in [-0.05, 0) is 50.1 Å². The molecule has 0 fully saturated rings. The fraction of sp³-hybridized carbons (Fsp3) is 0.176. The van der Waals surface area contributed by atoms with E-state index >= 15 is 0 Å². The fourth-order valence-corrected chi connectivity index (χ4v) is 3.81. The van der Waals surface area contributed by atoms with E-state index < -0.39 is 18.4 Å². The number of anilines is 1. The zero-order valence-electron chi connectivity index (χ0n) is 13.6. The maximum atomic E-state index is 12.0. The molecule has 0 saturated heterocycles. The van der Waals surface area contributed by atoms with Crippen LogP contribution in [0.15, 0.2) is 39.3 Å². The first-order valence-electron chi connectivity index (χ1n) is 7.40. The van der Waals surface area contributed by atoms with Crippen molar-refractivity contribution < 1.29 is 19.4 Å². The number of carbonyl (C=O) groups is 2. The van der Waals surface area contributed by atoms with Crippen molar-refractivity contribution in [2.24, 2.45) is 0 Å². The van der Waals surface area contributed by atoms with E-state index in [0.717, 1.165) is 11.3 Å². The van der Waals surface area contributed by atoms with Crippen LogP contribution in [-0.4, -0.2) is 30.6 Å². The summed E-state index contributed by atoms with van der Waals surface area (Å²) in [6, 6.07) is 8.71. The predicted octanol–water partition coefficient (Wildman–Crippen LogP) is 4.30. The van der Waals surface area contributed by atoms with E-state index in [4.69, 9.17) is 21.4 Å². The van der Waals surface area contributed by atoms with Gasteiger partial charge in [-0.25, -0.2) is 0 Å². The molecule has 0 saturated carbocycles. The van der Waals surface area contributed by atoms with Gasteiger partial charge in [0.2, 0.25) is 0 Å². The molecule has 6 nitrogen and oxygen atoms in total. The van der Waals surface area contributed by atoms with Crippen molar-refractivity contribution in [2.75, 3.05) is 18.9 Å². The van der Waals surface area contributed by atoms with Gasteiger partial charge in [-0.1, -0.05) is 23.7 Å². The van der Waals surface area contributed by atoms with Gasteiger partial charge in [-0.3, -0.25) is 9.59 Å². The first-order valence-corrected chi connectivity index (χ1v) is 9.36. The average Bonchev–Trinajstić information content (AvgIpc) is 2.60. The topological polar surface area (TPSA) is 87.7 Å². The molecule has 2 rings (SSSR count). The second-order valence-electron chi connectivity index (χ2n) is 5.16. The van der Waals surface area contributed by atoms with Gasteiger partial charge in [0.25, 0.3) is 5.91 Å². The van der Waals surface area contributed by atoms with Crippen molar-refractivity contribution in [1.29, 1.82) is 0 Å². The number of aliphatic carboxylic acids is 1. The van der Waals surface area contributed by atoms with E-state index in [1.165, 1.54) is 0 Å². The maximum absolute atomic E-state index is 12.0. The Morgan fingerprint density at radius 3 is 2.46 bits per heavy atom. The lowest BCUT2D eigenvalue weighted by molar-refractivity contribution is -0.135. The van der Waals surface area contributed by atoms with E-state index in [1.807, 2.05) is 18.2 Å². The number of carbonyl (C=O) groups excluding carboxylic acids is 1. The van der Waals surface area contributed by atoms with Gasteiger partial charge >= 0.3 is 5.97 Å². The smallest absolute Gasteiger partial charge is 0.322 e. The Morgan fingerprint density at radius 2 is 1.88 bits per heavy atom. The monoisotopic (exact) mass is 504 g/mol. The molecule has 2 aromatic carbocycles. The van der Waals surface area contributed by atoms with Crippen molar-refractivity contribution in [3.05, 3.63) is 55.4 Å². The molecule has 0 aromatic heterocycles. The predicted molar refractivity (Wildman–Crippen MR) is 107 cm³/mol. The first kappa shape index (κ1) is 20.5. The Balaban J connectivity index is 2.16. The molecule has 9 heteroatoms. The maximum Gasteiger partial charge on any atom is 0.322 e. The molecule has 0 atom stereocenters. The van der Waals surface area contributed by atoms with Crippen LogP contribution in [0.1, 0.15) is 15.9 Å². The Labute approximate surface area is 172 Å². The molecule has 0 bridgehead atoms. The van der Waals surface area contributed by atoms with E-state index in [2.05, 4.69) is 42.5 Å². The van der Waals surface area contributed by atoms with Gasteiger partial charge in [0.1, 0.15) is 18.9 Å². The van der Waals surface area contributed by atoms with Crippen molar-refractivity contribution >= 4 is 61.0 Å². The second-order valence-corrected chi connectivity index (χ2v) is 7.25. The largest absolute Gasteiger partial charge is 0.486 e. The molecule has 3 N–H and O–H groups in total. The quantitative estimate of drug-likeness (QED) is 0.521. The summed E-state index contributed by atoms with van der Waals surface area (Å²) in [6.07, 6.45) is 0. The summed E-state index contributed by atoms with van der Waals surface area (Å²) >= 11 is 13.1. The zero-order valence-corrected chi connectivity index (χ0v) is 17.5. The van der Waals surface area contributed by atoms with Gasteiger partial charge in [0.15, 0.2) is 0 Å². The molecule has 26 heavy (non-hydrogen) atoms. The minimum atomic E-state index is -1.11. The molecular formula is C17H15Br2ClN2O4. The molecule has 0 spiro atoms. The van der Waals surface area contributed by atoms with Crippen LogP contribution in [0.3, 0.4) is 0 Å². The van der Waals surface area contributed by atoms with Crippen LogP contribution in [0, 0.1) is 0 Å². The van der Waals surface area contributed by atoms with E-state index in [1.54, 1.807) is 19.2 Å². The summed E-state index contributed by atoms with van der Waals surface area (Å²) in [5.74, 6) is -1.10. The number of carboxylic acids is 1. The highest BCUT2D eigenvalue weighted by Gasteiger charge is 2.15. The molecular weight excluding hydrogens is 491 g/mol. The summed E-state index contributed by atoms with van der Waals surface area (Å²) in [5, 5.41) is 14.5. The molecule has 2 aromatic rings. The summed E-state index contributed by atoms with van der Waals surface area (Å²) in [6.45, 7) is -0.220. The summed E-state index contributed by atoms with van der Waals surface area (Å²) < 4.78 is 6.93. The molecule has 0 aliphatic carbocycles. The minimum absolute atomic E-state index is 0.232. The van der Waals surface area contributed by atoms with E-state index in [9.17, 15) is 9.59 Å². The lowest BCUT2D eigenvalue weighted by atomic mass is 10.2. The van der Waals surface area contributed by atoms with Crippen LogP contribution in [0.4, 0.5) is 5.69 Å². The second kappa shape index (κ2) is 9.25. The third-order valence-electron chi connectivity index (χ3n) is 3.38. The third-order valence-corrected chi connectivity index (χ3v) is 5.01. The molecule has 0 radical (unpaired) electrons. The van der Waals surface area contributed by atoms with Crippen LogP contribution in [0.25, 0.3) is 0 Å². The van der Waals surface area contributed by atoms with Crippen LogP contribution in [-0.2, 0) is 11.4 Å². The Hall–Kier alpha value is -1.77. The Morgan fingerprint density at radius 1 is 1.23 bits per heavy atom. The summed E-state index contributed by atoms with van der Waals surface area (Å²) in [4.78, 5) is 22.5. The number of amides is 1. The average molecular weight is 507 g/mol. The number of carboxylic acid groups (broad SMARTS) is 1. The lowest BCUT2D eigenvalue weighted by Crippen LogP contribution is -2.29. The highest BCUT2D eigenvalue weighted by molar-refractivity contribution is 9.11. The van der Waals surface area contributed by atoms with E-state index in [-0.39, 0.29) is 6.61 Å². The van der Waals surface area contributed by atoms with Gasteiger partial charge in [0, 0.05) is 18.2 Å². The van der Waals surface area contributed by atoms with Crippen LogP contribution < -0.4 is 15.4 Å². The van der Waals surface area contributed by atoms with Crippen molar-refractivity contribution in [3.63, 3.8) is 0 Å². The standard InChI is InChI=1S/C17H15Br2ClN2O4/c1-21-13-4-2-3-9(15(13)20)8-26-16-11(18)5-10(6-12(16)19)17(25)22-7-14(23)24/h2-6,21H,7-8H2,1H3,(H,22,25)(H,23,24). The van der Waals surface area contributed by atoms with Crippen molar-refractivity contribution in [2.45, 2.75) is 6.61 Å². The highest BCUT2D eigenvalue weighted by atomic mass is 79.9. The molecule has 138 valence electrons. The third kappa shape index (κ3) is 5.12. The summed E-state index contributed by atoms with van der Waals surface area (Å²) in [7, 11) is 1.78. The number of rotatable bonds is 7. The molecule has 0 aliphatic heterocycles. The first-order chi connectivity index (χ1) is 12.3. The molecule has 0 unspecified atom stereocenters. The highest BCUT2D eigenvalue weighted by Crippen LogP contribution is 2.36. The number of halogens is 3. The molecule has 1 amide bonds. The van der Waals surface area contributed by atoms with Gasteiger partial charge < -0.3 is 20.5 Å². The van der Waals surface area contributed by atoms with Crippen LogP contribution in [0.5, 0.6) is 5.75 Å². The SMILES string of the molecule is CNc1cccc(COc2c(Br)cc(C(=O)NCC(=O)O)cc2Br)c1Cl. The number of hydrogen-bond donors (Lipinski definition) is 3. The lowest BCUT2D eigenvalue weighted by Gasteiger charge is -2.14. The normalized spacial score (nSPS) is 10.3. The van der Waals surface area contributed by atoms with Gasteiger partial charge in [-0.2, -0.15) is 0 Å². The number of hydrogen-bond acceptors (Lipinski definition) is 4. The Kier molecular flexibility index (Phi) is 7.31. The fourth-order valence-electron chi connectivity index (χ4n) is 2.12. The van der Waals surface area contributed by atoms with Crippen LogP contribution in [0.2, 0.25) is 5.02 Å². The van der Waals surface area contributed by atoms with Crippen molar-refractivity contribution in [1.82, 2.24) is 5.32 Å².